The number of benzene rings is 1. The summed E-state index contributed by atoms with van der Waals surface area (Å²) in [6, 6.07) is 10.3. The van der Waals surface area contributed by atoms with Gasteiger partial charge in [0, 0.05) is 25.7 Å². The van der Waals surface area contributed by atoms with E-state index in [4.69, 9.17) is 4.42 Å². The molecule has 2 aromatic rings. The molecule has 5 nitrogen and oxygen atoms in total. The number of oxazole rings is 1. The number of carbonyl (C=O) groups is 1. The maximum atomic E-state index is 12.4. The summed E-state index contributed by atoms with van der Waals surface area (Å²) in [5.41, 5.74) is 1.84. The average Bonchev–Trinajstić information content (AvgIpc) is 2.94. The fourth-order valence-corrected chi connectivity index (χ4v) is 2.49. The van der Waals surface area contributed by atoms with Crippen molar-refractivity contribution in [3.63, 3.8) is 0 Å². The Labute approximate surface area is 117 Å². The van der Waals surface area contributed by atoms with Gasteiger partial charge in [0.2, 0.25) is 5.76 Å². The first-order valence-electron chi connectivity index (χ1n) is 6.73. The van der Waals surface area contributed by atoms with Gasteiger partial charge in [-0.2, -0.15) is 0 Å². The number of amides is 1. The monoisotopic (exact) mass is 271 g/mol. The van der Waals surface area contributed by atoms with Gasteiger partial charge < -0.3 is 14.6 Å². The fourth-order valence-electron chi connectivity index (χ4n) is 2.49. The summed E-state index contributed by atoms with van der Waals surface area (Å²) < 4.78 is 5.20. The third-order valence-corrected chi connectivity index (χ3v) is 3.60. The minimum Gasteiger partial charge on any atom is -0.438 e. The Morgan fingerprint density at radius 3 is 2.90 bits per heavy atom. The van der Waals surface area contributed by atoms with Gasteiger partial charge >= 0.3 is 0 Å². The molecule has 1 aromatic carbocycles. The maximum absolute atomic E-state index is 12.4. The number of piperazine rings is 1. The highest BCUT2D eigenvalue weighted by atomic mass is 16.3. The van der Waals surface area contributed by atoms with E-state index in [1.165, 1.54) is 12.0 Å². The Bertz CT molecular complexity index is 594. The van der Waals surface area contributed by atoms with Crippen molar-refractivity contribution in [3.8, 4) is 0 Å². The number of hydrogen-bond acceptors (Lipinski definition) is 4. The van der Waals surface area contributed by atoms with Crippen LogP contribution in [0, 0.1) is 6.92 Å². The normalized spacial score (nSPS) is 19.1. The summed E-state index contributed by atoms with van der Waals surface area (Å²) in [6.45, 7) is 3.89. The quantitative estimate of drug-likeness (QED) is 0.904. The van der Waals surface area contributed by atoms with E-state index < -0.39 is 0 Å². The van der Waals surface area contributed by atoms with Crippen molar-refractivity contribution in [1.29, 1.82) is 0 Å². The minimum atomic E-state index is -0.0811. The smallest absolute Gasteiger partial charge is 0.291 e. The summed E-state index contributed by atoms with van der Waals surface area (Å²) in [4.78, 5) is 18.2. The highest BCUT2D eigenvalue weighted by Gasteiger charge is 2.27. The van der Waals surface area contributed by atoms with Crippen LogP contribution in [0.25, 0.3) is 0 Å². The number of aromatic nitrogens is 1. The molecule has 0 aliphatic carbocycles. The molecule has 1 aromatic heterocycles. The number of rotatable bonds is 2. The zero-order chi connectivity index (χ0) is 13.9. The molecule has 1 aliphatic heterocycles. The zero-order valence-electron chi connectivity index (χ0n) is 11.4. The Hall–Kier alpha value is -2.14. The molecule has 1 fully saturated rings. The minimum absolute atomic E-state index is 0.0811. The van der Waals surface area contributed by atoms with Crippen molar-refractivity contribution in [2.24, 2.45) is 0 Å². The lowest BCUT2D eigenvalue weighted by Crippen LogP contribution is -2.48. The number of carbonyl (C=O) groups excluding carboxylic acids is 1. The van der Waals surface area contributed by atoms with Crippen LogP contribution in [0.15, 0.2) is 41.1 Å². The lowest BCUT2D eigenvalue weighted by molar-refractivity contribution is 0.0670. The van der Waals surface area contributed by atoms with Crippen molar-refractivity contribution >= 4 is 5.91 Å². The van der Waals surface area contributed by atoms with Crippen LogP contribution in [0.4, 0.5) is 0 Å². The first-order chi connectivity index (χ1) is 9.75. The Morgan fingerprint density at radius 1 is 1.40 bits per heavy atom. The second-order valence-electron chi connectivity index (χ2n) is 4.94. The highest BCUT2D eigenvalue weighted by Crippen LogP contribution is 2.19. The molecule has 0 spiro atoms. The average molecular weight is 271 g/mol. The number of aryl methyl sites for hydroxylation is 1. The molecule has 0 saturated carbocycles. The predicted octanol–water partition coefficient (Wildman–Crippen LogP) is 1.77. The third-order valence-electron chi connectivity index (χ3n) is 3.60. The van der Waals surface area contributed by atoms with E-state index >= 15 is 0 Å². The van der Waals surface area contributed by atoms with Crippen LogP contribution >= 0.6 is 0 Å². The van der Waals surface area contributed by atoms with Crippen LogP contribution in [-0.4, -0.2) is 35.4 Å². The summed E-state index contributed by atoms with van der Waals surface area (Å²) in [7, 11) is 0. The predicted molar refractivity (Wildman–Crippen MR) is 74.3 cm³/mol. The van der Waals surface area contributed by atoms with E-state index in [1.807, 2.05) is 23.1 Å². The number of nitrogens with zero attached hydrogens (tertiary/aromatic N) is 2. The molecule has 1 N–H and O–H groups in total. The van der Waals surface area contributed by atoms with Gasteiger partial charge in [-0.3, -0.25) is 4.79 Å². The molecule has 1 amide bonds. The fraction of sp³-hybridized carbons (Fsp3) is 0.333. The molecular weight excluding hydrogens is 254 g/mol. The molecule has 0 bridgehead atoms. The van der Waals surface area contributed by atoms with Gasteiger partial charge in [-0.1, -0.05) is 30.3 Å². The first kappa shape index (κ1) is 12.9. The van der Waals surface area contributed by atoms with Crippen LogP contribution in [-0.2, 0) is 0 Å². The Kier molecular flexibility index (Phi) is 3.52. The van der Waals surface area contributed by atoms with E-state index in [0.717, 1.165) is 6.54 Å². The zero-order valence-corrected chi connectivity index (χ0v) is 11.4. The van der Waals surface area contributed by atoms with Gasteiger partial charge in [0.15, 0.2) is 6.39 Å². The second-order valence-corrected chi connectivity index (χ2v) is 4.94. The summed E-state index contributed by atoms with van der Waals surface area (Å²) in [5.74, 6) is 0.265. The van der Waals surface area contributed by atoms with Gasteiger partial charge in [-0.15, -0.1) is 0 Å². The van der Waals surface area contributed by atoms with E-state index in [9.17, 15) is 4.79 Å². The van der Waals surface area contributed by atoms with Crippen molar-refractivity contribution < 1.29 is 9.21 Å². The van der Waals surface area contributed by atoms with Gasteiger partial charge in [-0.05, 0) is 12.5 Å². The Morgan fingerprint density at radius 2 is 2.20 bits per heavy atom. The van der Waals surface area contributed by atoms with Gasteiger partial charge in [-0.25, -0.2) is 4.98 Å². The molecule has 1 aliphatic rings. The van der Waals surface area contributed by atoms with Gasteiger partial charge in [0.1, 0.15) is 0 Å². The lowest BCUT2D eigenvalue weighted by Gasteiger charge is -2.33. The second kappa shape index (κ2) is 5.46. The van der Waals surface area contributed by atoms with E-state index in [2.05, 4.69) is 22.4 Å². The van der Waals surface area contributed by atoms with Crippen LogP contribution in [0.2, 0.25) is 0 Å². The largest absolute Gasteiger partial charge is 0.438 e. The van der Waals surface area contributed by atoms with Crippen LogP contribution < -0.4 is 5.32 Å². The van der Waals surface area contributed by atoms with Crippen molar-refractivity contribution in [1.82, 2.24) is 15.2 Å². The van der Waals surface area contributed by atoms with Crippen LogP contribution in [0.1, 0.15) is 27.9 Å². The lowest BCUT2D eigenvalue weighted by atomic mass is 10.0. The molecule has 1 saturated heterocycles. The topological polar surface area (TPSA) is 58.4 Å². The molecule has 3 rings (SSSR count). The number of nitrogens with one attached hydrogen (secondary N) is 1. The van der Waals surface area contributed by atoms with Crippen LogP contribution in [0.5, 0.6) is 0 Å². The SMILES string of the molecule is Cc1ncoc1C(=O)N1CCN[C@@H](c2ccccc2)C1. The van der Waals surface area contributed by atoms with Crippen molar-refractivity contribution in [3.05, 3.63) is 53.7 Å². The molecule has 104 valence electrons. The van der Waals surface area contributed by atoms with Gasteiger partial charge in [0.25, 0.3) is 5.91 Å². The summed E-state index contributed by atoms with van der Waals surface area (Å²) >= 11 is 0. The third kappa shape index (κ3) is 2.44. The molecular formula is C15H17N3O2. The van der Waals surface area contributed by atoms with E-state index in [-0.39, 0.29) is 11.9 Å². The van der Waals surface area contributed by atoms with Gasteiger partial charge in [0.05, 0.1) is 5.69 Å². The first-order valence-corrected chi connectivity index (χ1v) is 6.73. The molecule has 5 heteroatoms. The van der Waals surface area contributed by atoms with E-state index in [0.29, 0.717) is 24.5 Å². The molecule has 1 atom stereocenters. The molecule has 0 radical (unpaired) electrons. The standard InChI is InChI=1S/C15H17N3O2/c1-11-14(20-10-17-11)15(19)18-8-7-16-13(9-18)12-5-3-2-4-6-12/h2-6,10,13,16H,7-9H2,1H3/t13-/m1/s1. The number of hydrogen-bond donors (Lipinski definition) is 1. The van der Waals surface area contributed by atoms with Crippen molar-refractivity contribution in [2.75, 3.05) is 19.6 Å². The Balaban J connectivity index is 1.76. The molecule has 0 unspecified atom stereocenters. The maximum Gasteiger partial charge on any atom is 0.291 e. The summed E-state index contributed by atoms with van der Waals surface area (Å²) in [5, 5.41) is 3.44. The summed E-state index contributed by atoms with van der Waals surface area (Å²) in [6.07, 6.45) is 1.32. The van der Waals surface area contributed by atoms with Crippen molar-refractivity contribution in [2.45, 2.75) is 13.0 Å². The van der Waals surface area contributed by atoms with Crippen LogP contribution in [0.3, 0.4) is 0 Å². The van der Waals surface area contributed by atoms with E-state index in [1.54, 1.807) is 6.92 Å². The highest BCUT2D eigenvalue weighted by molar-refractivity contribution is 5.92. The molecule has 20 heavy (non-hydrogen) atoms. The molecule has 2 heterocycles.